The second kappa shape index (κ2) is 14.8. The van der Waals surface area contributed by atoms with Crippen LogP contribution in [0.1, 0.15) is 45.2 Å². The van der Waals surface area contributed by atoms with Gasteiger partial charge in [-0.1, -0.05) is 164 Å². The number of benzene rings is 7. The quantitative estimate of drug-likeness (QED) is 0.160. The molecule has 10 aromatic rings. The summed E-state index contributed by atoms with van der Waals surface area (Å²) in [4.78, 5) is 30.0. The molecule has 6 nitrogen and oxygen atoms in total. The lowest BCUT2D eigenvalue weighted by atomic mass is 9.60. The van der Waals surface area contributed by atoms with E-state index in [-0.39, 0.29) is 11.8 Å². The molecule has 290 valence electrons. The second-order valence-electron chi connectivity index (χ2n) is 15.8. The maximum absolute atomic E-state index is 5.24. The third-order valence-corrected chi connectivity index (χ3v) is 12.2. The van der Waals surface area contributed by atoms with Crippen LogP contribution in [0.5, 0.6) is 0 Å². The zero-order valence-electron chi connectivity index (χ0n) is 33.5. The van der Waals surface area contributed by atoms with Gasteiger partial charge in [0, 0.05) is 57.6 Å². The zero-order valence-corrected chi connectivity index (χ0v) is 33.5. The fraction of sp³-hybridized carbons (Fsp3) is 0.0357. The van der Waals surface area contributed by atoms with Gasteiger partial charge in [-0.05, 0) is 74.8 Å². The Morgan fingerprint density at radius 1 is 0.258 bits per heavy atom. The third kappa shape index (κ3) is 6.11. The molecule has 2 bridgehead atoms. The van der Waals surface area contributed by atoms with Crippen LogP contribution in [-0.4, -0.2) is 29.9 Å². The van der Waals surface area contributed by atoms with E-state index < -0.39 is 0 Å². The molecule has 0 radical (unpaired) electrons. The van der Waals surface area contributed by atoms with Gasteiger partial charge in [0.2, 0.25) is 0 Å². The predicted octanol–water partition coefficient (Wildman–Crippen LogP) is 12.7. The van der Waals surface area contributed by atoms with Crippen LogP contribution in [0, 0.1) is 0 Å². The molecule has 0 spiro atoms. The average Bonchev–Trinajstić information content (AvgIpc) is 3.36. The van der Waals surface area contributed by atoms with Crippen LogP contribution in [0.3, 0.4) is 0 Å². The van der Waals surface area contributed by atoms with Crippen molar-refractivity contribution in [1.82, 2.24) is 29.9 Å². The largest absolute Gasteiger partial charge is 0.265 e. The topological polar surface area (TPSA) is 77.3 Å². The van der Waals surface area contributed by atoms with Crippen molar-refractivity contribution in [3.8, 4) is 79.2 Å². The van der Waals surface area contributed by atoms with Gasteiger partial charge in [0.05, 0.1) is 11.4 Å². The van der Waals surface area contributed by atoms with Crippen molar-refractivity contribution in [2.75, 3.05) is 0 Å². The summed E-state index contributed by atoms with van der Waals surface area (Å²) in [6, 6.07) is 68.0. The highest BCUT2D eigenvalue weighted by Crippen LogP contribution is 2.56. The predicted molar refractivity (Wildman–Crippen MR) is 246 cm³/mol. The molecule has 2 unspecified atom stereocenters. The Kier molecular flexibility index (Phi) is 8.52. The monoisotopic (exact) mass is 792 g/mol. The standard InChI is InChI=1S/C56H36N6/c1-4-14-35(15-5-1)41-20-10-13-23-46(41)56-61-54(38-28-30-57-31-29-38)60-55(62-56)40-25-27-45-48(33-40)52-43-22-12-11-21-42(43)51(45)47-32-39(24-26-44(47)52)50-34-49(36-16-6-2-7-17-36)58-53(59-50)37-18-8-3-9-19-37/h1-34,51-52H. The molecule has 0 saturated heterocycles. The first-order valence-electron chi connectivity index (χ1n) is 20.9. The fourth-order valence-corrected chi connectivity index (χ4v) is 9.39. The number of hydrogen-bond acceptors (Lipinski definition) is 6. The van der Waals surface area contributed by atoms with Gasteiger partial charge < -0.3 is 0 Å². The molecule has 3 aromatic heterocycles. The summed E-state index contributed by atoms with van der Waals surface area (Å²) in [6.07, 6.45) is 3.56. The zero-order chi connectivity index (χ0) is 41.0. The van der Waals surface area contributed by atoms with E-state index in [1.165, 1.54) is 33.4 Å². The number of aromatic nitrogens is 6. The summed E-state index contributed by atoms with van der Waals surface area (Å²) in [5.74, 6) is 2.66. The summed E-state index contributed by atoms with van der Waals surface area (Å²) in [5.41, 5.74) is 17.8. The minimum Gasteiger partial charge on any atom is -0.265 e. The average molecular weight is 793 g/mol. The molecule has 0 N–H and O–H groups in total. The minimum absolute atomic E-state index is 0.0418. The molecule has 13 rings (SSSR count). The molecular formula is C56H36N6. The second-order valence-corrected chi connectivity index (χ2v) is 15.8. The highest BCUT2D eigenvalue weighted by molar-refractivity contribution is 5.82. The van der Waals surface area contributed by atoms with Crippen LogP contribution in [0.2, 0.25) is 0 Å². The molecule has 0 amide bonds. The van der Waals surface area contributed by atoms with Crippen molar-refractivity contribution in [2.45, 2.75) is 11.8 Å². The number of hydrogen-bond donors (Lipinski definition) is 0. The van der Waals surface area contributed by atoms with Crippen molar-refractivity contribution in [3.63, 3.8) is 0 Å². The summed E-state index contributed by atoms with van der Waals surface area (Å²) >= 11 is 0. The normalized spacial score (nSPS) is 14.5. The van der Waals surface area contributed by atoms with Crippen molar-refractivity contribution < 1.29 is 0 Å². The first-order valence-corrected chi connectivity index (χ1v) is 20.9. The van der Waals surface area contributed by atoms with Crippen LogP contribution in [0.25, 0.3) is 79.2 Å². The molecule has 0 aliphatic heterocycles. The fourth-order valence-electron chi connectivity index (χ4n) is 9.39. The number of rotatable bonds is 7. The Balaban J connectivity index is 0.993. The lowest BCUT2D eigenvalue weighted by molar-refractivity contribution is 0.754. The molecule has 7 aromatic carbocycles. The first kappa shape index (κ1) is 35.7. The van der Waals surface area contributed by atoms with Crippen LogP contribution >= 0.6 is 0 Å². The Morgan fingerprint density at radius 2 is 0.694 bits per heavy atom. The van der Waals surface area contributed by atoms with Crippen LogP contribution in [0.15, 0.2) is 207 Å². The summed E-state index contributed by atoms with van der Waals surface area (Å²) in [5, 5.41) is 0. The highest BCUT2D eigenvalue weighted by atomic mass is 15.0. The summed E-state index contributed by atoms with van der Waals surface area (Å²) in [7, 11) is 0. The van der Waals surface area contributed by atoms with Crippen LogP contribution in [0.4, 0.5) is 0 Å². The maximum atomic E-state index is 5.24. The van der Waals surface area contributed by atoms with Gasteiger partial charge in [-0.25, -0.2) is 24.9 Å². The summed E-state index contributed by atoms with van der Waals surface area (Å²) < 4.78 is 0. The van der Waals surface area contributed by atoms with E-state index in [2.05, 4.69) is 151 Å². The van der Waals surface area contributed by atoms with E-state index >= 15 is 0 Å². The lowest BCUT2D eigenvalue weighted by Crippen LogP contribution is -2.27. The van der Waals surface area contributed by atoms with Gasteiger partial charge >= 0.3 is 0 Å². The van der Waals surface area contributed by atoms with E-state index in [1.54, 1.807) is 12.4 Å². The lowest BCUT2D eigenvalue weighted by Gasteiger charge is -2.42. The van der Waals surface area contributed by atoms with Gasteiger partial charge in [-0.2, -0.15) is 0 Å². The molecule has 3 aliphatic rings. The van der Waals surface area contributed by atoms with Gasteiger partial charge in [0.1, 0.15) is 0 Å². The molecule has 6 heteroatoms. The van der Waals surface area contributed by atoms with Crippen molar-refractivity contribution in [3.05, 3.63) is 240 Å². The Hall–Kier alpha value is -8.22. The minimum atomic E-state index is 0.0418. The van der Waals surface area contributed by atoms with Gasteiger partial charge in [0.25, 0.3) is 0 Å². The van der Waals surface area contributed by atoms with E-state index in [0.29, 0.717) is 23.3 Å². The van der Waals surface area contributed by atoms with Crippen LogP contribution in [-0.2, 0) is 0 Å². The van der Waals surface area contributed by atoms with Crippen molar-refractivity contribution in [1.29, 1.82) is 0 Å². The number of nitrogens with zero attached hydrogens (tertiary/aromatic N) is 6. The van der Waals surface area contributed by atoms with E-state index in [9.17, 15) is 0 Å². The summed E-state index contributed by atoms with van der Waals surface area (Å²) in [6.45, 7) is 0. The van der Waals surface area contributed by atoms with Gasteiger partial charge in [-0.3, -0.25) is 4.98 Å². The number of pyridine rings is 1. The van der Waals surface area contributed by atoms with E-state index in [1.807, 2.05) is 48.5 Å². The highest BCUT2D eigenvalue weighted by Gasteiger charge is 2.41. The van der Waals surface area contributed by atoms with E-state index in [4.69, 9.17) is 24.9 Å². The first-order chi connectivity index (χ1) is 30.7. The van der Waals surface area contributed by atoms with E-state index in [0.717, 1.165) is 55.9 Å². The Morgan fingerprint density at radius 3 is 1.34 bits per heavy atom. The smallest absolute Gasteiger partial charge is 0.164 e. The third-order valence-electron chi connectivity index (χ3n) is 12.2. The molecule has 0 saturated carbocycles. The Labute approximate surface area is 359 Å². The molecular weight excluding hydrogens is 757 g/mol. The molecule has 3 aliphatic carbocycles. The Bertz CT molecular complexity index is 3240. The molecule has 3 heterocycles. The van der Waals surface area contributed by atoms with Crippen LogP contribution < -0.4 is 0 Å². The van der Waals surface area contributed by atoms with Gasteiger partial charge in [0.15, 0.2) is 23.3 Å². The maximum Gasteiger partial charge on any atom is 0.164 e. The molecule has 2 atom stereocenters. The van der Waals surface area contributed by atoms with Crippen molar-refractivity contribution in [2.24, 2.45) is 0 Å². The van der Waals surface area contributed by atoms with Gasteiger partial charge in [-0.15, -0.1) is 0 Å². The van der Waals surface area contributed by atoms with Crippen molar-refractivity contribution >= 4 is 0 Å². The SMILES string of the molecule is c1ccc(-c2cc(-c3ccc4c(c3)C3c5ccccc5C4c4cc(-c5nc(-c6ccncc6)nc(-c6ccccc6-c6ccccc6)n5)ccc43)nc(-c3ccccc3)n2)cc1. The molecule has 62 heavy (non-hydrogen) atoms. The molecule has 0 fully saturated rings.